The molecule has 1 aliphatic rings. The Balaban J connectivity index is 1.45. The van der Waals surface area contributed by atoms with E-state index >= 15 is 0 Å². The monoisotopic (exact) mass is 537 g/mol. The number of ether oxygens (including phenoxy) is 2. The van der Waals surface area contributed by atoms with Crippen molar-refractivity contribution in [3.63, 3.8) is 0 Å². The summed E-state index contributed by atoms with van der Waals surface area (Å²) in [6.45, 7) is 1.09. The number of carbonyl (C=O) groups excluding carboxylic acids is 2. The molecule has 2 heterocycles. The van der Waals surface area contributed by atoms with Gasteiger partial charge in [0.05, 0.1) is 9.93 Å². The maximum absolute atomic E-state index is 12.7. The van der Waals surface area contributed by atoms with Crippen molar-refractivity contribution in [1.29, 1.82) is 0 Å². The number of carbonyl (C=O) groups is 2. The van der Waals surface area contributed by atoms with Crippen LogP contribution in [0, 0.1) is 0 Å². The van der Waals surface area contributed by atoms with Crippen molar-refractivity contribution in [2.75, 3.05) is 20.3 Å². The van der Waals surface area contributed by atoms with Crippen LogP contribution >= 0.6 is 58.5 Å². The van der Waals surface area contributed by atoms with Crippen molar-refractivity contribution in [2.45, 2.75) is 6.42 Å². The molecule has 0 unspecified atom stereocenters. The number of thiocarbonyl (C=S) groups is 1. The summed E-state index contributed by atoms with van der Waals surface area (Å²) in [5.74, 6) is -0.283. The largest absolute Gasteiger partial charge is 0.422 e. The molecule has 4 rings (SSSR count). The van der Waals surface area contributed by atoms with Gasteiger partial charge in [0, 0.05) is 35.4 Å². The van der Waals surface area contributed by atoms with Crippen LogP contribution in [0.1, 0.15) is 21.7 Å². The van der Waals surface area contributed by atoms with E-state index in [4.69, 9.17) is 44.9 Å². The number of nitrogens with zero attached hydrogens (tertiary/aromatic N) is 1. The lowest BCUT2D eigenvalue weighted by atomic mass is 10.2. The summed E-state index contributed by atoms with van der Waals surface area (Å²) in [6, 6.07) is 12.1. The van der Waals surface area contributed by atoms with E-state index in [9.17, 15) is 9.59 Å². The molecule has 0 aliphatic carbocycles. The van der Waals surface area contributed by atoms with Gasteiger partial charge in [-0.15, -0.1) is 11.3 Å². The first-order valence-corrected chi connectivity index (χ1v) is 12.6. The Kier molecular flexibility index (Phi) is 7.73. The third kappa shape index (κ3) is 5.42. The van der Waals surface area contributed by atoms with E-state index in [0.29, 0.717) is 49.5 Å². The molecule has 0 saturated carbocycles. The highest BCUT2D eigenvalue weighted by atomic mass is 35.5. The van der Waals surface area contributed by atoms with E-state index in [2.05, 4.69) is 0 Å². The van der Waals surface area contributed by atoms with Gasteiger partial charge in [0.25, 0.3) is 5.91 Å². The lowest BCUT2D eigenvalue weighted by Crippen LogP contribution is -2.29. The van der Waals surface area contributed by atoms with E-state index in [1.807, 2.05) is 0 Å². The number of benzene rings is 2. The van der Waals surface area contributed by atoms with Crippen LogP contribution in [0.4, 0.5) is 0 Å². The van der Waals surface area contributed by atoms with Crippen molar-refractivity contribution in [1.82, 2.24) is 4.90 Å². The van der Waals surface area contributed by atoms with Gasteiger partial charge in [-0.2, -0.15) is 0 Å². The molecule has 0 bridgehead atoms. The molecule has 2 aromatic carbocycles. The number of thioether (sulfide) groups is 1. The van der Waals surface area contributed by atoms with Gasteiger partial charge in [-0.3, -0.25) is 9.69 Å². The lowest BCUT2D eigenvalue weighted by Gasteiger charge is -2.13. The van der Waals surface area contributed by atoms with Crippen molar-refractivity contribution >= 4 is 90.9 Å². The molecule has 0 radical (unpaired) electrons. The van der Waals surface area contributed by atoms with E-state index in [0.717, 1.165) is 15.6 Å². The summed E-state index contributed by atoms with van der Waals surface area (Å²) in [5.41, 5.74) is 0.793. The highest BCUT2D eigenvalue weighted by Crippen LogP contribution is 2.37. The van der Waals surface area contributed by atoms with Crippen LogP contribution < -0.4 is 4.74 Å². The van der Waals surface area contributed by atoms with Gasteiger partial charge < -0.3 is 9.47 Å². The average Bonchev–Trinajstić information content (AvgIpc) is 3.25. The van der Waals surface area contributed by atoms with Gasteiger partial charge in [0.1, 0.15) is 14.9 Å². The molecule has 1 amide bonds. The van der Waals surface area contributed by atoms with Crippen LogP contribution in [-0.4, -0.2) is 41.4 Å². The molecule has 1 saturated heterocycles. The number of rotatable bonds is 7. The Morgan fingerprint density at radius 2 is 1.94 bits per heavy atom. The molecule has 1 aliphatic heterocycles. The Hall–Kier alpha value is -1.94. The zero-order valence-corrected chi connectivity index (χ0v) is 21.3. The van der Waals surface area contributed by atoms with E-state index in [1.54, 1.807) is 60.6 Å². The fraction of sp³-hybridized carbons (Fsp3) is 0.174. The second-order valence-corrected chi connectivity index (χ2v) is 10.6. The maximum Gasteiger partial charge on any atom is 0.355 e. The minimum absolute atomic E-state index is 0.115. The zero-order valence-electron chi connectivity index (χ0n) is 17.3. The topological polar surface area (TPSA) is 55.8 Å². The van der Waals surface area contributed by atoms with Crippen LogP contribution in [-0.2, 0) is 9.53 Å². The van der Waals surface area contributed by atoms with Crippen LogP contribution in [0.2, 0.25) is 10.0 Å². The number of thiophene rings is 1. The highest BCUT2D eigenvalue weighted by molar-refractivity contribution is 8.26. The van der Waals surface area contributed by atoms with Crippen LogP contribution in [0.25, 0.3) is 16.2 Å². The number of amides is 1. The predicted octanol–water partition coefficient (Wildman–Crippen LogP) is 6.67. The molecule has 5 nitrogen and oxygen atoms in total. The molecular formula is C23H17Cl2NO4S3. The molecule has 3 aromatic rings. The Morgan fingerprint density at radius 1 is 1.18 bits per heavy atom. The van der Waals surface area contributed by atoms with E-state index < -0.39 is 5.97 Å². The fourth-order valence-electron chi connectivity index (χ4n) is 3.17. The summed E-state index contributed by atoms with van der Waals surface area (Å²) in [6.07, 6.45) is 2.49. The van der Waals surface area contributed by atoms with Gasteiger partial charge in [0.2, 0.25) is 0 Å². The van der Waals surface area contributed by atoms with Crippen molar-refractivity contribution in [2.24, 2.45) is 0 Å². The molecule has 10 heteroatoms. The smallest absolute Gasteiger partial charge is 0.355 e. The van der Waals surface area contributed by atoms with Crippen molar-refractivity contribution < 1.29 is 19.1 Å². The lowest BCUT2D eigenvalue weighted by molar-refractivity contribution is -0.122. The molecular weight excluding hydrogens is 521 g/mol. The van der Waals surface area contributed by atoms with Gasteiger partial charge in [0.15, 0.2) is 0 Å². The molecule has 0 N–H and O–H groups in total. The molecule has 0 atom stereocenters. The number of hydrogen-bond donors (Lipinski definition) is 0. The summed E-state index contributed by atoms with van der Waals surface area (Å²) in [7, 11) is 1.62. The van der Waals surface area contributed by atoms with E-state index in [-0.39, 0.29) is 5.91 Å². The van der Waals surface area contributed by atoms with Crippen LogP contribution in [0.3, 0.4) is 0 Å². The van der Waals surface area contributed by atoms with Crippen LogP contribution in [0.5, 0.6) is 5.75 Å². The predicted molar refractivity (Wildman–Crippen MR) is 140 cm³/mol. The van der Waals surface area contributed by atoms with Crippen molar-refractivity contribution in [3.05, 3.63) is 67.9 Å². The Morgan fingerprint density at radius 3 is 2.67 bits per heavy atom. The highest BCUT2D eigenvalue weighted by Gasteiger charge is 2.31. The summed E-state index contributed by atoms with van der Waals surface area (Å²) >= 11 is 20.2. The molecule has 0 spiro atoms. The van der Waals surface area contributed by atoms with Gasteiger partial charge in [-0.05, 0) is 42.3 Å². The average molecular weight is 538 g/mol. The number of methoxy groups -OCH3 is 1. The van der Waals surface area contributed by atoms with Gasteiger partial charge in [-0.25, -0.2) is 4.79 Å². The zero-order chi connectivity index (χ0) is 23.5. The Labute approximate surface area is 214 Å². The quantitative estimate of drug-likeness (QED) is 0.110. The minimum atomic E-state index is -0.540. The van der Waals surface area contributed by atoms with Gasteiger partial charge in [-0.1, -0.05) is 65.4 Å². The summed E-state index contributed by atoms with van der Waals surface area (Å²) in [5, 5.41) is 1.68. The SMILES string of the molecule is COCCCN1C(=O)/C(=C/c2ccc(OC(=O)c3sc4cc(Cl)ccc4c3Cl)cc2)SC1=S. The number of halogens is 2. The third-order valence-corrected chi connectivity index (χ3v) is 8.02. The normalized spacial score (nSPS) is 15.1. The number of fused-ring (bicyclic) bond motifs is 1. The molecule has 1 fully saturated rings. The second kappa shape index (κ2) is 10.5. The first kappa shape index (κ1) is 24.2. The molecule has 33 heavy (non-hydrogen) atoms. The first-order chi connectivity index (χ1) is 15.9. The number of hydrogen-bond acceptors (Lipinski definition) is 7. The molecule has 170 valence electrons. The minimum Gasteiger partial charge on any atom is -0.422 e. The van der Waals surface area contributed by atoms with Gasteiger partial charge >= 0.3 is 5.97 Å². The van der Waals surface area contributed by atoms with Crippen LogP contribution in [0.15, 0.2) is 47.4 Å². The maximum atomic E-state index is 12.7. The standard InChI is InChI=1S/C23H17Cl2NO4S3/c1-29-10-2-9-26-21(27)18(33-23(26)31)11-13-3-6-15(7-4-13)30-22(28)20-19(25)16-8-5-14(24)12-17(16)32-20/h3-8,11-12H,2,9-10H2,1H3/b18-11-. The number of esters is 1. The second-order valence-electron chi connectivity index (χ2n) is 7.02. The molecule has 1 aromatic heterocycles. The van der Waals surface area contributed by atoms with E-state index in [1.165, 1.54) is 23.1 Å². The summed E-state index contributed by atoms with van der Waals surface area (Å²) in [4.78, 5) is 27.7. The Bertz CT molecular complexity index is 1270. The third-order valence-electron chi connectivity index (χ3n) is 4.77. The summed E-state index contributed by atoms with van der Waals surface area (Å²) < 4.78 is 11.9. The first-order valence-electron chi connectivity index (χ1n) is 9.81. The van der Waals surface area contributed by atoms with Crippen molar-refractivity contribution in [3.8, 4) is 5.75 Å². The fourth-order valence-corrected chi connectivity index (χ4v) is 6.14.